The highest BCUT2D eigenvalue weighted by Crippen LogP contribution is 2.21. The van der Waals surface area contributed by atoms with Crippen LogP contribution < -0.4 is 10.1 Å². The van der Waals surface area contributed by atoms with E-state index in [9.17, 15) is 0 Å². The van der Waals surface area contributed by atoms with Gasteiger partial charge in [0.2, 0.25) is 0 Å². The first kappa shape index (κ1) is 12.3. The molecule has 5 heteroatoms. The predicted molar refractivity (Wildman–Crippen MR) is 70.6 cm³/mol. The van der Waals surface area contributed by atoms with Crippen LogP contribution in [0.3, 0.4) is 0 Å². The topological polar surface area (TPSA) is 59.9 Å². The summed E-state index contributed by atoms with van der Waals surface area (Å²) in [7, 11) is 1.81. The van der Waals surface area contributed by atoms with Gasteiger partial charge >= 0.3 is 0 Å². The molecule has 1 N–H and O–H groups in total. The van der Waals surface area contributed by atoms with Crippen molar-refractivity contribution in [3.8, 4) is 17.0 Å². The average Bonchev–Trinajstić information content (AvgIpc) is 2.38. The molecule has 2 aromatic rings. The molecule has 0 saturated heterocycles. The first-order valence-corrected chi connectivity index (χ1v) is 5.81. The molecule has 2 aromatic heterocycles. The highest BCUT2D eigenvalue weighted by atomic mass is 16.5. The molecule has 18 heavy (non-hydrogen) atoms. The number of pyridine rings is 1. The smallest absolute Gasteiger partial charge is 0.144 e. The number of nitrogens with one attached hydrogen (secondary N) is 1. The lowest BCUT2D eigenvalue weighted by Gasteiger charge is -2.10. The summed E-state index contributed by atoms with van der Waals surface area (Å²) in [4.78, 5) is 12.7. The Kier molecular flexibility index (Phi) is 3.72. The van der Waals surface area contributed by atoms with Gasteiger partial charge in [-0.3, -0.25) is 9.97 Å². The van der Waals surface area contributed by atoms with Crippen LogP contribution in [-0.4, -0.2) is 28.1 Å². The van der Waals surface area contributed by atoms with E-state index in [1.54, 1.807) is 24.8 Å². The summed E-state index contributed by atoms with van der Waals surface area (Å²) in [5.74, 6) is 1.46. The van der Waals surface area contributed by atoms with E-state index in [2.05, 4.69) is 20.3 Å². The highest BCUT2D eigenvalue weighted by Gasteiger charge is 2.05. The Morgan fingerprint density at radius 2 is 1.89 bits per heavy atom. The number of aromatic nitrogens is 3. The SMILES string of the molecule is CNc1cncc(-c2cncc(OC(C)C)c2)n1. The highest BCUT2D eigenvalue weighted by molar-refractivity contribution is 5.60. The summed E-state index contributed by atoms with van der Waals surface area (Å²) in [5, 5.41) is 2.96. The van der Waals surface area contributed by atoms with E-state index in [-0.39, 0.29) is 6.10 Å². The average molecular weight is 244 g/mol. The standard InChI is InChI=1S/C13H16N4O/c1-9(2)18-11-4-10(5-15-6-11)12-7-16-8-13(14-3)17-12/h4-9H,1-3H3,(H,14,17). The summed E-state index contributed by atoms with van der Waals surface area (Å²) in [6.07, 6.45) is 6.94. The first-order chi connectivity index (χ1) is 8.69. The molecule has 2 heterocycles. The minimum atomic E-state index is 0.122. The van der Waals surface area contributed by atoms with Crippen LogP contribution in [0.1, 0.15) is 13.8 Å². The van der Waals surface area contributed by atoms with Crippen LogP contribution in [0.15, 0.2) is 30.9 Å². The van der Waals surface area contributed by atoms with Gasteiger partial charge in [-0.15, -0.1) is 0 Å². The van der Waals surface area contributed by atoms with Gasteiger partial charge in [-0.1, -0.05) is 0 Å². The van der Waals surface area contributed by atoms with Crippen LogP contribution in [0.4, 0.5) is 5.82 Å². The maximum absolute atomic E-state index is 5.61. The van der Waals surface area contributed by atoms with Crippen LogP contribution in [-0.2, 0) is 0 Å². The molecule has 0 unspecified atom stereocenters. The third-order valence-corrected chi connectivity index (χ3v) is 2.27. The summed E-state index contributed by atoms with van der Waals surface area (Å²) >= 11 is 0. The maximum atomic E-state index is 5.61. The van der Waals surface area contributed by atoms with Crippen molar-refractivity contribution in [2.24, 2.45) is 0 Å². The van der Waals surface area contributed by atoms with E-state index in [4.69, 9.17) is 4.74 Å². The lowest BCUT2D eigenvalue weighted by Crippen LogP contribution is -2.05. The Morgan fingerprint density at radius 1 is 1.11 bits per heavy atom. The fraction of sp³-hybridized carbons (Fsp3) is 0.308. The van der Waals surface area contributed by atoms with E-state index in [1.165, 1.54) is 0 Å². The molecule has 0 atom stereocenters. The van der Waals surface area contributed by atoms with E-state index < -0.39 is 0 Å². The summed E-state index contributed by atoms with van der Waals surface area (Å²) in [6.45, 7) is 3.96. The molecule has 0 radical (unpaired) electrons. The normalized spacial score (nSPS) is 10.4. The van der Waals surface area contributed by atoms with Crippen molar-refractivity contribution in [2.75, 3.05) is 12.4 Å². The minimum absolute atomic E-state index is 0.122. The van der Waals surface area contributed by atoms with Crippen molar-refractivity contribution >= 4 is 5.82 Å². The largest absolute Gasteiger partial charge is 0.489 e. The van der Waals surface area contributed by atoms with Gasteiger partial charge in [0.05, 0.1) is 30.4 Å². The van der Waals surface area contributed by atoms with Crippen molar-refractivity contribution in [1.29, 1.82) is 0 Å². The van der Waals surface area contributed by atoms with Crippen molar-refractivity contribution in [1.82, 2.24) is 15.0 Å². The van der Waals surface area contributed by atoms with E-state index >= 15 is 0 Å². The van der Waals surface area contributed by atoms with E-state index in [0.717, 1.165) is 22.8 Å². The molecule has 0 bridgehead atoms. The molecule has 94 valence electrons. The van der Waals surface area contributed by atoms with Crippen molar-refractivity contribution < 1.29 is 4.74 Å². The Hall–Kier alpha value is -2.17. The lowest BCUT2D eigenvalue weighted by atomic mass is 10.2. The van der Waals surface area contributed by atoms with Gasteiger partial charge in [0.1, 0.15) is 11.6 Å². The number of nitrogens with zero attached hydrogens (tertiary/aromatic N) is 3. The van der Waals surface area contributed by atoms with Crippen LogP contribution in [0.25, 0.3) is 11.3 Å². The van der Waals surface area contributed by atoms with Gasteiger partial charge < -0.3 is 10.1 Å². The van der Waals surface area contributed by atoms with Gasteiger partial charge in [-0.05, 0) is 19.9 Å². The molecule has 0 aromatic carbocycles. The fourth-order valence-electron chi connectivity index (χ4n) is 1.52. The van der Waals surface area contributed by atoms with Crippen molar-refractivity contribution in [3.05, 3.63) is 30.9 Å². The quantitative estimate of drug-likeness (QED) is 0.894. The predicted octanol–water partition coefficient (Wildman–Crippen LogP) is 2.37. The molecule has 0 aliphatic heterocycles. The number of rotatable bonds is 4. The monoisotopic (exact) mass is 244 g/mol. The van der Waals surface area contributed by atoms with Crippen LogP contribution in [0.5, 0.6) is 5.75 Å². The zero-order chi connectivity index (χ0) is 13.0. The Morgan fingerprint density at radius 3 is 2.61 bits per heavy atom. The number of anilines is 1. The molecule has 0 fully saturated rings. The molecule has 0 amide bonds. The second-order valence-corrected chi connectivity index (χ2v) is 4.12. The maximum Gasteiger partial charge on any atom is 0.144 e. The summed E-state index contributed by atoms with van der Waals surface area (Å²) in [6, 6.07) is 1.91. The van der Waals surface area contributed by atoms with Gasteiger partial charge in [0.25, 0.3) is 0 Å². The first-order valence-electron chi connectivity index (χ1n) is 5.81. The van der Waals surface area contributed by atoms with Gasteiger partial charge in [-0.2, -0.15) is 0 Å². The number of ether oxygens (including phenoxy) is 1. The molecule has 0 aliphatic carbocycles. The summed E-state index contributed by atoms with van der Waals surface area (Å²) in [5.41, 5.74) is 1.65. The number of hydrogen-bond acceptors (Lipinski definition) is 5. The second-order valence-electron chi connectivity index (χ2n) is 4.12. The Balaban J connectivity index is 2.32. The van der Waals surface area contributed by atoms with E-state index in [0.29, 0.717) is 0 Å². The Bertz CT molecular complexity index is 528. The van der Waals surface area contributed by atoms with Crippen molar-refractivity contribution in [2.45, 2.75) is 20.0 Å². The minimum Gasteiger partial charge on any atom is -0.489 e. The molecule has 0 saturated carbocycles. The van der Waals surface area contributed by atoms with E-state index in [1.807, 2.05) is 27.0 Å². The van der Waals surface area contributed by atoms with Gasteiger partial charge in [-0.25, -0.2) is 4.98 Å². The Labute approximate surface area is 106 Å². The molecular weight excluding hydrogens is 228 g/mol. The zero-order valence-electron chi connectivity index (χ0n) is 10.7. The zero-order valence-corrected chi connectivity index (χ0v) is 10.7. The second kappa shape index (κ2) is 5.44. The third-order valence-electron chi connectivity index (χ3n) is 2.27. The van der Waals surface area contributed by atoms with Crippen LogP contribution in [0.2, 0.25) is 0 Å². The van der Waals surface area contributed by atoms with Crippen molar-refractivity contribution in [3.63, 3.8) is 0 Å². The molecule has 0 spiro atoms. The van der Waals surface area contributed by atoms with Gasteiger partial charge in [0.15, 0.2) is 0 Å². The lowest BCUT2D eigenvalue weighted by molar-refractivity contribution is 0.241. The van der Waals surface area contributed by atoms with Crippen LogP contribution in [0, 0.1) is 0 Å². The summed E-state index contributed by atoms with van der Waals surface area (Å²) < 4.78 is 5.61. The molecule has 2 rings (SSSR count). The number of hydrogen-bond donors (Lipinski definition) is 1. The third kappa shape index (κ3) is 2.94. The molecule has 0 aliphatic rings. The fourth-order valence-corrected chi connectivity index (χ4v) is 1.52. The van der Waals surface area contributed by atoms with Gasteiger partial charge in [0, 0.05) is 18.8 Å². The molecular formula is C13H16N4O. The van der Waals surface area contributed by atoms with Crippen LogP contribution >= 0.6 is 0 Å². The molecule has 5 nitrogen and oxygen atoms in total.